The van der Waals surface area contributed by atoms with Crippen LogP contribution in [-0.4, -0.2) is 80.6 Å². The number of carbonyl (C=O) groups is 2. The lowest BCUT2D eigenvalue weighted by molar-refractivity contribution is -0.151. The fraction of sp³-hybridized carbons (Fsp3) is 0.464. The molecule has 226 valence electrons. The second-order valence-corrected chi connectivity index (χ2v) is 10.2. The lowest BCUT2D eigenvalue weighted by atomic mass is 10.1. The highest BCUT2D eigenvalue weighted by Crippen LogP contribution is 2.43. The number of hydrogen-bond donors (Lipinski definition) is 2. The number of rotatable bonds is 13. The van der Waals surface area contributed by atoms with Crippen LogP contribution in [0.5, 0.6) is 0 Å². The van der Waals surface area contributed by atoms with Gasteiger partial charge < -0.3 is 34.1 Å². The van der Waals surface area contributed by atoms with Gasteiger partial charge in [-0.25, -0.2) is 4.98 Å². The number of carbonyl (C=O) groups excluding carboxylic acids is 2. The molecule has 4 aromatic heterocycles. The van der Waals surface area contributed by atoms with Crippen molar-refractivity contribution in [3.63, 3.8) is 0 Å². The molecule has 0 amide bonds. The summed E-state index contributed by atoms with van der Waals surface area (Å²) in [7, 11) is 0. The normalized spacial score (nSPS) is 22.3. The molecule has 0 aromatic carbocycles. The minimum absolute atomic E-state index is 0.140. The predicted octanol–water partition coefficient (Wildman–Crippen LogP) is 2.37. The largest absolute Gasteiger partial charge is 0.457 e. The average Bonchev–Trinajstić information content (AvgIpc) is 3.77. The van der Waals surface area contributed by atoms with E-state index < -0.39 is 24.5 Å². The number of anilines is 2. The molecule has 0 aliphatic carbocycles. The minimum Gasteiger partial charge on any atom is -0.457 e. The van der Waals surface area contributed by atoms with Crippen molar-refractivity contribution in [3.8, 4) is 0 Å². The first-order valence-corrected chi connectivity index (χ1v) is 14.2. The fourth-order valence-electron chi connectivity index (χ4n) is 5.31. The van der Waals surface area contributed by atoms with E-state index in [9.17, 15) is 9.59 Å². The summed E-state index contributed by atoms with van der Waals surface area (Å²) in [6.07, 6.45) is 2.30. The molecule has 15 heteroatoms. The summed E-state index contributed by atoms with van der Waals surface area (Å²) in [5.74, 6) is 1.25. The van der Waals surface area contributed by atoms with Crippen molar-refractivity contribution >= 4 is 35.9 Å². The standard InChI is InChI=1S/C28H32N8O7/c1-2-17-13-20(43-35-17)22-23(40-15-37)24(41-16-38)27(42-22)36-14-31-21-25(32-19-7-11-39-12-8-19)33-28(34-26(21)36)30-10-6-18-5-3-4-9-29-18/h3-5,9,13-16,19,22-24,27H,2,6-8,10-12H2,1H3,(H2,30,32,33,34)/t22-,23+,24-,27-/m1/s1. The number of aromatic nitrogens is 6. The Labute approximate surface area is 246 Å². The number of nitrogens with one attached hydrogen (secondary N) is 2. The van der Waals surface area contributed by atoms with Gasteiger partial charge >= 0.3 is 0 Å². The van der Waals surface area contributed by atoms with E-state index in [0.29, 0.717) is 73.5 Å². The number of aryl methyl sites for hydroxylation is 1. The van der Waals surface area contributed by atoms with Gasteiger partial charge in [-0.3, -0.25) is 19.1 Å². The number of pyridine rings is 1. The fourth-order valence-corrected chi connectivity index (χ4v) is 5.31. The highest BCUT2D eigenvalue weighted by Gasteiger charge is 2.51. The van der Waals surface area contributed by atoms with Gasteiger partial charge in [-0.15, -0.1) is 0 Å². The first-order chi connectivity index (χ1) is 21.2. The van der Waals surface area contributed by atoms with E-state index in [1.807, 2.05) is 25.1 Å². The van der Waals surface area contributed by atoms with Gasteiger partial charge in [0.2, 0.25) is 5.95 Å². The number of hydrogen-bond acceptors (Lipinski definition) is 14. The van der Waals surface area contributed by atoms with Gasteiger partial charge in [0.05, 0.1) is 12.0 Å². The molecule has 6 rings (SSSR count). The van der Waals surface area contributed by atoms with Crippen molar-refractivity contribution in [2.75, 3.05) is 30.4 Å². The summed E-state index contributed by atoms with van der Waals surface area (Å²) in [5.41, 5.74) is 2.55. The third-order valence-corrected chi connectivity index (χ3v) is 7.48. The zero-order valence-corrected chi connectivity index (χ0v) is 23.5. The van der Waals surface area contributed by atoms with Gasteiger partial charge in [-0.1, -0.05) is 18.1 Å². The molecular weight excluding hydrogens is 560 g/mol. The van der Waals surface area contributed by atoms with Crippen LogP contribution in [0.4, 0.5) is 11.8 Å². The molecule has 2 saturated heterocycles. The molecule has 43 heavy (non-hydrogen) atoms. The molecule has 0 bridgehead atoms. The minimum atomic E-state index is -1.04. The van der Waals surface area contributed by atoms with E-state index >= 15 is 0 Å². The van der Waals surface area contributed by atoms with Crippen LogP contribution in [0.3, 0.4) is 0 Å². The second kappa shape index (κ2) is 13.1. The summed E-state index contributed by atoms with van der Waals surface area (Å²) >= 11 is 0. The molecule has 15 nitrogen and oxygen atoms in total. The van der Waals surface area contributed by atoms with Crippen molar-refractivity contribution < 1.29 is 33.1 Å². The summed E-state index contributed by atoms with van der Waals surface area (Å²) in [6.45, 7) is 4.35. The maximum atomic E-state index is 11.6. The lowest BCUT2D eigenvalue weighted by Crippen LogP contribution is -2.34. The van der Waals surface area contributed by atoms with Gasteiger partial charge in [0, 0.05) is 50.2 Å². The zero-order chi connectivity index (χ0) is 29.6. The Morgan fingerprint density at radius 2 is 1.91 bits per heavy atom. The summed E-state index contributed by atoms with van der Waals surface area (Å²) in [5, 5.41) is 10.8. The first kappa shape index (κ1) is 28.5. The molecule has 2 aliphatic heterocycles. The van der Waals surface area contributed by atoms with E-state index in [4.69, 9.17) is 33.4 Å². The Bertz CT molecular complexity index is 1520. The molecule has 6 heterocycles. The molecule has 0 unspecified atom stereocenters. The number of imidazole rings is 1. The lowest BCUT2D eigenvalue weighted by Gasteiger charge is -2.24. The number of fused-ring (bicyclic) bond motifs is 1. The Morgan fingerprint density at radius 3 is 2.65 bits per heavy atom. The van der Waals surface area contributed by atoms with Gasteiger partial charge in [0.25, 0.3) is 12.9 Å². The Hall–Kier alpha value is -4.63. The Balaban J connectivity index is 1.35. The molecule has 0 radical (unpaired) electrons. The molecule has 2 fully saturated rings. The molecule has 4 aromatic rings. The van der Waals surface area contributed by atoms with E-state index in [1.54, 1.807) is 16.8 Å². The van der Waals surface area contributed by atoms with Gasteiger partial charge in [-0.2, -0.15) is 9.97 Å². The van der Waals surface area contributed by atoms with E-state index in [2.05, 4.69) is 25.8 Å². The summed E-state index contributed by atoms with van der Waals surface area (Å²) < 4.78 is 29.8. The molecule has 2 N–H and O–H groups in total. The van der Waals surface area contributed by atoms with E-state index in [0.717, 1.165) is 18.5 Å². The highest BCUT2D eigenvalue weighted by molar-refractivity contribution is 5.84. The summed E-state index contributed by atoms with van der Waals surface area (Å²) in [4.78, 5) is 41.6. The zero-order valence-electron chi connectivity index (χ0n) is 23.5. The van der Waals surface area contributed by atoms with Gasteiger partial charge in [0.1, 0.15) is 0 Å². The van der Waals surface area contributed by atoms with Crippen LogP contribution in [0, 0.1) is 0 Å². The van der Waals surface area contributed by atoms with Crippen molar-refractivity contribution in [1.82, 2.24) is 29.7 Å². The quantitative estimate of drug-likeness (QED) is 0.216. The van der Waals surface area contributed by atoms with E-state index in [1.165, 1.54) is 6.33 Å². The van der Waals surface area contributed by atoms with Crippen LogP contribution >= 0.6 is 0 Å². The first-order valence-electron chi connectivity index (χ1n) is 14.2. The molecule has 0 spiro atoms. The third kappa shape index (κ3) is 6.12. The van der Waals surface area contributed by atoms with Crippen LogP contribution in [0.25, 0.3) is 11.2 Å². The highest BCUT2D eigenvalue weighted by atomic mass is 16.6. The van der Waals surface area contributed by atoms with Crippen LogP contribution in [-0.2, 0) is 41.4 Å². The maximum Gasteiger partial charge on any atom is 0.293 e. The van der Waals surface area contributed by atoms with E-state index in [-0.39, 0.29) is 12.5 Å². The smallest absolute Gasteiger partial charge is 0.293 e. The summed E-state index contributed by atoms with van der Waals surface area (Å²) in [6, 6.07) is 7.63. The molecular formula is C28H32N8O7. The van der Waals surface area contributed by atoms with Crippen molar-refractivity contribution in [2.45, 2.75) is 63.2 Å². The van der Waals surface area contributed by atoms with Crippen LogP contribution in [0.2, 0.25) is 0 Å². The molecule has 4 atom stereocenters. The third-order valence-electron chi connectivity index (χ3n) is 7.48. The van der Waals surface area contributed by atoms with Crippen molar-refractivity contribution in [2.24, 2.45) is 0 Å². The topological polar surface area (TPSA) is 178 Å². The maximum absolute atomic E-state index is 11.6. The Kier molecular flexibility index (Phi) is 8.70. The monoisotopic (exact) mass is 592 g/mol. The van der Waals surface area contributed by atoms with Crippen LogP contribution in [0.15, 0.2) is 41.3 Å². The van der Waals surface area contributed by atoms with Crippen molar-refractivity contribution in [1.29, 1.82) is 0 Å². The molecule has 0 saturated carbocycles. The molecule has 2 aliphatic rings. The van der Waals surface area contributed by atoms with Crippen LogP contribution < -0.4 is 10.6 Å². The number of nitrogens with zero attached hydrogens (tertiary/aromatic N) is 6. The Morgan fingerprint density at radius 1 is 1.07 bits per heavy atom. The van der Waals surface area contributed by atoms with Crippen LogP contribution in [0.1, 0.15) is 49.2 Å². The average molecular weight is 593 g/mol. The second-order valence-electron chi connectivity index (χ2n) is 10.2. The van der Waals surface area contributed by atoms with Gasteiger partial charge in [-0.05, 0) is 31.4 Å². The number of ether oxygens (including phenoxy) is 4. The SMILES string of the molecule is CCc1cc([C@H]2O[C@@H](n3cnc4c(NC5CCOCC5)nc(NCCc5ccccn5)nc43)[C@H](OC=O)[C@H]2OC=O)on1. The van der Waals surface area contributed by atoms with Crippen molar-refractivity contribution in [3.05, 3.63) is 53.9 Å². The van der Waals surface area contributed by atoms with Gasteiger partial charge in [0.15, 0.2) is 47.3 Å². The predicted molar refractivity (Wildman–Crippen MR) is 150 cm³/mol.